The minimum Gasteiger partial charge on any atom is -0.503 e. The maximum absolute atomic E-state index is 11.8. The molecule has 6 heteroatoms. The number of hydrogen-bond donors (Lipinski definition) is 2. The molecule has 0 radical (unpaired) electrons. The topological polar surface area (TPSA) is 100 Å². The van der Waals surface area contributed by atoms with E-state index < -0.39 is 22.7 Å². The molecule has 1 aliphatic rings. The highest BCUT2D eigenvalue weighted by Gasteiger charge is 2.34. The number of carbonyl (C=O) groups excluding carboxylic acids is 2. The van der Waals surface area contributed by atoms with Gasteiger partial charge in [-0.15, -0.1) is 0 Å². The maximum atomic E-state index is 11.8. The first-order chi connectivity index (χ1) is 8.61. The monoisotopic (exact) mass is 242 g/mol. The number of Topliss-reactive ketones (excluding diaryl/α,β-unsaturated/α-hetero) is 2. The molecular weight excluding hydrogens is 236 g/mol. The largest absolute Gasteiger partial charge is 0.503 e. The van der Waals surface area contributed by atoms with Crippen LogP contribution in [0.5, 0.6) is 5.75 Å². The molecule has 0 unspecified atom stereocenters. The van der Waals surface area contributed by atoms with Crippen molar-refractivity contribution >= 4 is 11.6 Å². The highest BCUT2D eigenvalue weighted by Crippen LogP contribution is 2.28. The Kier molecular flexibility index (Phi) is 1.94. The van der Waals surface area contributed by atoms with Crippen LogP contribution in [0.15, 0.2) is 29.3 Å². The van der Waals surface area contributed by atoms with E-state index in [0.717, 1.165) is 6.20 Å². The normalized spacial score (nSPS) is 13.1. The van der Waals surface area contributed by atoms with E-state index in [4.69, 9.17) is 0 Å². The Hall–Kier alpha value is -2.76. The maximum Gasteiger partial charge on any atom is 0.239 e. The Balaban J connectivity index is 2.48. The summed E-state index contributed by atoms with van der Waals surface area (Å²) < 4.78 is 0. The van der Waals surface area contributed by atoms with Crippen LogP contribution >= 0.6 is 0 Å². The number of aromatic nitrogens is 2. The van der Waals surface area contributed by atoms with Gasteiger partial charge in [-0.3, -0.25) is 19.4 Å². The van der Waals surface area contributed by atoms with Crippen molar-refractivity contribution < 1.29 is 14.7 Å². The van der Waals surface area contributed by atoms with Crippen molar-refractivity contribution in [3.8, 4) is 17.1 Å². The molecule has 2 N–H and O–H groups in total. The summed E-state index contributed by atoms with van der Waals surface area (Å²) in [7, 11) is 0. The van der Waals surface area contributed by atoms with Gasteiger partial charge in [-0.05, 0) is 12.1 Å². The minimum absolute atomic E-state index is 0.149. The Bertz CT molecular complexity index is 761. The molecule has 0 saturated carbocycles. The van der Waals surface area contributed by atoms with E-state index in [9.17, 15) is 19.5 Å². The lowest BCUT2D eigenvalue weighted by atomic mass is 9.90. The molecule has 0 aliphatic heterocycles. The number of carbonyl (C=O) groups is 2. The lowest BCUT2D eigenvalue weighted by Crippen LogP contribution is -2.29. The summed E-state index contributed by atoms with van der Waals surface area (Å²) in [5, 5.41) is 9.30. The first-order valence-corrected chi connectivity index (χ1v) is 5.10. The quantitative estimate of drug-likeness (QED) is 0.656. The van der Waals surface area contributed by atoms with Gasteiger partial charge in [0.1, 0.15) is 5.56 Å². The summed E-state index contributed by atoms with van der Waals surface area (Å²) in [4.78, 5) is 42.0. The van der Waals surface area contributed by atoms with Crippen LogP contribution in [-0.2, 0) is 0 Å². The van der Waals surface area contributed by atoms with Crippen LogP contribution in [-0.4, -0.2) is 26.6 Å². The van der Waals surface area contributed by atoms with Gasteiger partial charge >= 0.3 is 0 Å². The summed E-state index contributed by atoms with van der Waals surface area (Å²) in [6.07, 6.45) is 2.53. The van der Waals surface area contributed by atoms with Gasteiger partial charge in [-0.1, -0.05) is 0 Å². The first-order valence-electron chi connectivity index (χ1n) is 5.10. The second kappa shape index (κ2) is 3.36. The van der Waals surface area contributed by atoms with Gasteiger partial charge < -0.3 is 10.1 Å². The van der Waals surface area contributed by atoms with E-state index >= 15 is 0 Å². The third-order valence-electron chi connectivity index (χ3n) is 2.79. The number of ketones is 2. The molecule has 2 aromatic heterocycles. The zero-order valence-electron chi connectivity index (χ0n) is 8.93. The lowest BCUT2D eigenvalue weighted by Gasteiger charge is -2.15. The van der Waals surface area contributed by atoms with Gasteiger partial charge in [-0.25, -0.2) is 0 Å². The standard InChI is InChI=1S/C12H6N2O4/c15-6-4-14-9-7(11(6)17)12(18)10(16)5-2-1-3-13-8(5)9/h1-4,15H,(H,14,17). The third-order valence-corrected chi connectivity index (χ3v) is 2.79. The van der Waals surface area contributed by atoms with E-state index in [0.29, 0.717) is 0 Å². The number of rotatable bonds is 0. The predicted octanol–water partition coefficient (Wildman–Crippen LogP) is 0.521. The Morgan fingerprint density at radius 3 is 2.72 bits per heavy atom. The Labute approximate surface area is 99.9 Å². The molecule has 2 aromatic rings. The number of hydrogen-bond acceptors (Lipinski definition) is 5. The number of aromatic amines is 1. The van der Waals surface area contributed by atoms with Gasteiger partial charge in [0.25, 0.3) is 0 Å². The number of nitrogens with zero attached hydrogens (tertiary/aromatic N) is 1. The fourth-order valence-electron chi connectivity index (χ4n) is 1.95. The predicted molar refractivity (Wildman–Crippen MR) is 60.6 cm³/mol. The molecule has 6 nitrogen and oxygen atoms in total. The molecule has 0 amide bonds. The van der Waals surface area contributed by atoms with Gasteiger partial charge in [0.15, 0.2) is 5.75 Å². The van der Waals surface area contributed by atoms with E-state index in [-0.39, 0.29) is 22.5 Å². The first kappa shape index (κ1) is 10.4. The average Bonchev–Trinajstić information content (AvgIpc) is 2.39. The molecule has 0 bridgehead atoms. The molecule has 0 spiro atoms. The molecule has 18 heavy (non-hydrogen) atoms. The highest BCUT2D eigenvalue weighted by atomic mass is 16.3. The van der Waals surface area contributed by atoms with Crippen molar-refractivity contribution in [2.24, 2.45) is 0 Å². The summed E-state index contributed by atoms with van der Waals surface area (Å²) in [6, 6.07) is 3.00. The fraction of sp³-hybridized carbons (Fsp3) is 0. The van der Waals surface area contributed by atoms with Crippen LogP contribution in [0.3, 0.4) is 0 Å². The van der Waals surface area contributed by atoms with Gasteiger partial charge in [0.05, 0.1) is 17.0 Å². The number of nitrogens with one attached hydrogen (secondary N) is 1. The number of H-pyrrole nitrogens is 1. The van der Waals surface area contributed by atoms with Crippen LogP contribution in [0, 0.1) is 0 Å². The van der Waals surface area contributed by atoms with Gasteiger partial charge in [-0.2, -0.15) is 0 Å². The highest BCUT2D eigenvalue weighted by molar-refractivity contribution is 6.52. The smallest absolute Gasteiger partial charge is 0.239 e. The van der Waals surface area contributed by atoms with Crippen molar-refractivity contribution in [2.45, 2.75) is 0 Å². The van der Waals surface area contributed by atoms with E-state index in [1.165, 1.54) is 18.3 Å². The Morgan fingerprint density at radius 2 is 1.94 bits per heavy atom. The summed E-state index contributed by atoms with van der Waals surface area (Å²) in [5.41, 5.74) is -0.659. The summed E-state index contributed by atoms with van der Waals surface area (Å²) in [6.45, 7) is 0. The van der Waals surface area contributed by atoms with Gasteiger partial charge in [0.2, 0.25) is 17.0 Å². The molecule has 0 aromatic carbocycles. The average molecular weight is 242 g/mol. The second-order valence-electron chi connectivity index (χ2n) is 3.81. The third kappa shape index (κ3) is 1.17. The van der Waals surface area contributed by atoms with Crippen molar-refractivity contribution in [1.82, 2.24) is 9.97 Å². The van der Waals surface area contributed by atoms with Crippen molar-refractivity contribution in [3.05, 3.63) is 45.9 Å². The van der Waals surface area contributed by atoms with Crippen molar-refractivity contribution in [1.29, 1.82) is 0 Å². The molecule has 0 fully saturated rings. The van der Waals surface area contributed by atoms with Gasteiger partial charge in [0, 0.05) is 12.4 Å². The second-order valence-corrected chi connectivity index (χ2v) is 3.81. The number of aromatic hydroxyl groups is 1. The minimum atomic E-state index is -0.928. The molecule has 1 aliphatic carbocycles. The SMILES string of the molecule is O=C1C(=O)c2c([nH]cc(O)c2=O)-c2ncccc21. The zero-order valence-corrected chi connectivity index (χ0v) is 8.93. The zero-order chi connectivity index (χ0) is 12.9. The Morgan fingerprint density at radius 1 is 1.17 bits per heavy atom. The fourth-order valence-corrected chi connectivity index (χ4v) is 1.95. The van der Waals surface area contributed by atoms with Crippen LogP contribution in [0.25, 0.3) is 11.4 Å². The number of pyridine rings is 2. The summed E-state index contributed by atoms with van der Waals surface area (Å²) >= 11 is 0. The molecular formula is C12H6N2O4. The molecule has 0 atom stereocenters. The van der Waals surface area contributed by atoms with E-state index in [2.05, 4.69) is 9.97 Å². The van der Waals surface area contributed by atoms with E-state index in [1.54, 1.807) is 0 Å². The lowest BCUT2D eigenvalue weighted by molar-refractivity contribution is 0.0814. The van der Waals surface area contributed by atoms with Crippen molar-refractivity contribution in [2.75, 3.05) is 0 Å². The molecule has 88 valence electrons. The van der Waals surface area contributed by atoms with Crippen molar-refractivity contribution in [3.63, 3.8) is 0 Å². The molecule has 0 saturated heterocycles. The van der Waals surface area contributed by atoms with Crippen LogP contribution < -0.4 is 5.43 Å². The summed E-state index contributed by atoms with van der Waals surface area (Å²) in [5.74, 6) is -2.32. The number of fused-ring (bicyclic) bond motifs is 3. The van der Waals surface area contributed by atoms with Crippen LogP contribution in [0.2, 0.25) is 0 Å². The van der Waals surface area contributed by atoms with Crippen LogP contribution in [0.1, 0.15) is 20.7 Å². The van der Waals surface area contributed by atoms with E-state index in [1.807, 2.05) is 0 Å². The molecule has 3 rings (SSSR count). The van der Waals surface area contributed by atoms with Crippen LogP contribution in [0.4, 0.5) is 0 Å². The molecule has 2 heterocycles.